The van der Waals surface area contributed by atoms with Gasteiger partial charge >= 0.3 is 0 Å². The molecule has 0 unspecified atom stereocenters. The zero-order valence-corrected chi connectivity index (χ0v) is 7.56. The van der Waals surface area contributed by atoms with Gasteiger partial charge < -0.3 is 5.73 Å². The van der Waals surface area contributed by atoms with E-state index in [0.717, 1.165) is 6.54 Å². The lowest BCUT2D eigenvalue weighted by Crippen LogP contribution is -1.96. The van der Waals surface area contributed by atoms with E-state index < -0.39 is 0 Å². The van der Waals surface area contributed by atoms with E-state index in [4.69, 9.17) is 5.73 Å². The van der Waals surface area contributed by atoms with Crippen LogP contribution in [0, 0.1) is 0 Å². The van der Waals surface area contributed by atoms with Crippen molar-refractivity contribution in [2.45, 2.75) is 40.0 Å². The number of unbranched alkanes of at least 4 members (excludes halogenated alkanes) is 2. The molecule has 1 nitrogen and oxygen atoms in total. The Labute approximate surface area is 65.3 Å². The van der Waals surface area contributed by atoms with Crippen LogP contribution >= 0.6 is 0 Å². The monoisotopic (exact) mass is 143 g/mol. The number of hydrogen-bond donors (Lipinski definition) is 1. The zero-order valence-electron chi connectivity index (χ0n) is 7.56. The van der Waals surface area contributed by atoms with Crippen LogP contribution in [0.15, 0.2) is 12.2 Å². The van der Waals surface area contributed by atoms with Gasteiger partial charge in [-0.15, -0.1) is 0 Å². The molecule has 0 fully saturated rings. The minimum Gasteiger partial charge on any atom is -0.330 e. The normalized spacial score (nSPS) is 9.20. The molecular formula is C9H21N. The van der Waals surface area contributed by atoms with Crippen molar-refractivity contribution < 1.29 is 0 Å². The topological polar surface area (TPSA) is 26.0 Å². The van der Waals surface area contributed by atoms with Gasteiger partial charge in [-0.25, -0.2) is 0 Å². The van der Waals surface area contributed by atoms with Gasteiger partial charge in [0.05, 0.1) is 0 Å². The van der Waals surface area contributed by atoms with Gasteiger partial charge in [-0.1, -0.05) is 31.9 Å². The summed E-state index contributed by atoms with van der Waals surface area (Å²) in [5.74, 6) is 0. The summed E-state index contributed by atoms with van der Waals surface area (Å²) in [6.07, 6.45) is 7.75. The molecule has 0 aliphatic heterocycles. The lowest BCUT2D eigenvalue weighted by molar-refractivity contribution is 0.727. The highest BCUT2D eigenvalue weighted by molar-refractivity contribution is 4.68. The van der Waals surface area contributed by atoms with Gasteiger partial charge in [0.1, 0.15) is 0 Å². The molecule has 0 aromatic heterocycles. The summed E-state index contributed by atoms with van der Waals surface area (Å²) < 4.78 is 0. The molecular weight excluding hydrogens is 122 g/mol. The van der Waals surface area contributed by atoms with E-state index in [1.165, 1.54) is 19.3 Å². The molecule has 0 atom stereocenters. The smallest absolute Gasteiger partial charge is 0.00773 e. The number of nitrogens with two attached hydrogens (primary N) is 1. The molecule has 10 heavy (non-hydrogen) atoms. The Morgan fingerprint density at radius 2 is 1.60 bits per heavy atom. The highest BCUT2D eigenvalue weighted by Gasteiger charge is 1.75. The van der Waals surface area contributed by atoms with Crippen LogP contribution in [0.2, 0.25) is 0 Å². The first-order valence-corrected chi connectivity index (χ1v) is 4.10. The van der Waals surface area contributed by atoms with E-state index in [0.29, 0.717) is 0 Å². The minimum atomic E-state index is 0.855. The lowest BCUT2D eigenvalue weighted by Gasteiger charge is -1.86. The summed E-state index contributed by atoms with van der Waals surface area (Å²) in [7, 11) is 0. The molecule has 2 N–H and O–H groups in total. The highest BCUT2D eigenvalue weighted by atomic mass is 14.5. The van der Waals surface area contributed by atoms with Crippen molar-refractivity contribution in [1.29, 1.82) is 0 Å². The first-order chi connectivity index (χ1) is 4.83. The van der Waals surface area contributed by atoms with Crippen molar-refractivity contribution in [2.75, 3.05) is 6.54 Å². The van der Waals surface area contributed by atoms with E-state index in [-0.39, 0.29) is 0 Å². The van der Waals surface area contributed by atoms with Crippen molar-refractivity contribution in [3.8, 4) is 0 Å². The Balaban J connectivity index is 0. The van der Waals surface area contributed by atoms with Gasteiger partial charge in [-0.05, 0) is 26.8 Å². The molecule has 0 saturated heterocycles. The Morgan fingerprint density at radius 3 is 1.70 bits per heavy atom. The summed E-state index contributed by atoms with van der Waals surface area (Å²) in [5.41, 5.74) is 5.21. The Morgan fingerprint density at radius 1 is 1.10 bits per heavy atom. The third-order valence-corrected chi connectivity index (χ3v) is 1.14. The van der Waals surface area contributed by atoms with Crippen LogP contribution < -0.4 is 5.73 Å². The zero-order chi connectivity index (χ0) is 8.24. The quantitative estimate of drug-likeness (QED) is 0.477. The predicted octanol–water partition coefficient (Wildman–Crippen LogP) is 2.72. The van der Waals surface area contributed by atoms with Crippen LogP contribution in [0.4, 0.5) is 0 Å². The van der Waals surface area contributed by atoms with Crippen molar-refractivity contribution >= 4 is 0 Å². The van der Waals surface area contributed by atoms with Gasteiger partial charge in [0.15, 0.2) is 0 Å². The second-order valence-corrected chi connectivity index (χ2v) is 2.16. The molecule has 0 rings (SSSR count). The van der Waals surface area contributed by atoms with E-state index >= 15 is 0 Å². The molecule has 0 saturated carbocycles. The molecule has 0 spiro atoms. The lowest BCUT2D eigenvalue weighted by atomic mass is 10.3. The summed E-state index contributed by atoms with van der Waals surface area (Å²) in [6.45, 7) is 7.03. The van der Waals surface area contributed by atoms with E-state index in [9.17, 15) is 0 Å². The summed E-state index contributed by atoms with van der Waals surface area (Å²) in [6, 6.07) is 0. The molecule has 0 aromatic carbocycles. The summed E-state index contributed by atoms with van der Waals surface area (Å²) in [5, 5.41) is 0. The van der Waals surface area contributed by atoms with E-state index in [1.54, 1.807) is 0 Å². The molecule has 0 heterocycles. The third-order valence-electron chi connectivity index (χ3n) is 1.14. The van der Waals surface area contributed by atoms with Crippen LogP contribution in [0.25, 0.3) is 0 Å². The van der Waals surface area contributed by atoms with Crippen LogP contribution in [0.5, 0.6) is 0 Å². The second kappa shape index (κ2) is 15.9. The molecule has 0 aromatic rings. The predicted molar refractivity (Wildman–Crippen MR) is 49.1 cm³/mol. The molecule has 0 aliphatic rings. The average Bonchev–Trinajstić information content (AvgIpc) is 2.01. The number of allylic oxidation sites excluding steroid dienone is 2. The standard InChI is InChI=1S/C5H13N.C4H8/c1-2-3-4-5-6;1-3-4-2/h2-6H2,1H3;3-4H,1-2H3. The first-order valence-electron chi connectivity index (χ1n) is 4.10. The molecule has 0 aliphatic carbocycles. The fourth-order valence-electron chi connectivity index (χ4n) is 0.394. The van der Waals surface area contributed by atoms with Gasteiger partial charge in [0, 0.05) is 0 Å². The maximum Gasteiger partial charge on any atom is -0.00773 e. The Kier molecular flexibility index (Phi) is 19.7. The molecule has 0 amide bonds. The first kappa shape index (κ1) is 12.4. The largest absolute Gasteiger partial charge is 0.330 e. The maximum absolute atomic E-state index is 5.21. The third kappa shape index (κ3) is 25.2. The van der Waals surface area contributed by atoms with Crippen LogP contribution in [-0.2, 0) is 0 Å². The molecule has 0 bridgehead atoms. The minimum absolute atomic E-state index is 0.855. The van der Waals surface area contributed by atoms with Crippen molar-refractivity contribution in [3.05, 3.63) is 12.2 Å². The fraction of sp³-hybridized carbons (Fsp3) is 0.778. The Bertz CT molecular complexity index is 49.7. The molecule has 62 valence electrons. The van der Waals surface area contributed by atoms with Crippen LogP contribution in [-0.4, -0.2) is 6.54 Å². The maximum atomic E-state index is 5.21. The number of hydrogen-bond acceptors (Lipinski definition) is 1. The average molecular weight is 143 g/mol. The van der Waals surface area contributed by atoms with Gasteiger partial charge in [0.25, 0.3) is 0 Å². The van der Waals surface area contributed by atoms with Crippen molar-refractivity contribution in [2.24, 2.45) is 5.73 Å². The van der Waals surface area contributed by atoms with Crippen LogP contribution in [0.1, 0.15) is 40.0 Å². The van der Waals surface area contributed by atoms with Gasteiger partial charge in [-0.3, -0.25) is 0 Å². The SMILES string of the molecule is CC=CC.CCCCCN. The van der Waals surface area contributed by atoms with E-state index in [2.05, 4.69) is 6.92 Å². The molecule has 1 heteroatoms. The van der Waals surface area contributed by atoms with Gasteiger partial charge in [0.2, 0.25) is 0 Å². The van der Waals surface area contributed by atoms with E-state index in [1.807, 2.05) is 26.0 Å². The number of rotatable bonds is 3. The fourth-order valence-corrected chi connectivity index (χ4v) is 0.394. The molecule has 0 radical (unpaired) electrons. The Hall–Kier alpha value is -0.300. The van der Waals surface area contributed by atoms with Crippen molar-refractivity contribution in [3.63, 3.8) is 0 Å². The second-order valence-electron chi connectivity index (χ2n) is 2.16. The van der Waals surface area contributed by atoms with Crippen molar-refractivity contribution in [1.82, 2.24) is 0 Å². The summed E-state index contributed by atoms with van der Waals surface area (Å²) >= 11 is 0. The van der Waals surface area contributed by atoms with Crippen LogP contribution in [0.3, 0.4) is 0 Å². The highest BCUT2D eigenvalue weighted by Crippen LogP contribution is 1.88. The van der Waals surface area contributed by atoms with Gasteiger partial charge in [-0.2, -0.15) is 0 Å². The summed E-state index contributed by atoms with van der Waals surface area (Å²) in [4.78, 5) is 0.